The Kier molecular flexibility index (Phi) is 7.57. The van der Waals surface area contributed by atoms with Gasteiger partial charge in [0.1, 0.15) is 6.04 Å². The number of ether oxygens (including phenoxy) is 2. The zero-order chi connectivity index (χ0) is 21.5. The molecule has 2 aromatic rings. The predicted octanol–water partition coefficient (Wildman–Crippen LogP) is 3.94. The first-order valence-corrected chi connectivity index (χ1v) is 10.6. The van der Waals surface area contributed by atoms with Gasteiger partial charge in [0, 0.05) is 24.5 Å². The lowest BCUT2D eigenvalue weighted by Gasteiger charge is -2.24. The highest BCUT2D eigenvalue weighted by Gasteiger charge is 2.36. The van der Waals surface area contributed by atoms with Crippen molar-refractivity contribution in [2.45, 2.75) is 45.8 Å². The van der Waals surface area contributed by atoms with Gasteiger partial charge in [0.15, 0.2) is 11.5 Å². The normalized spacial score (nSPS) is 15.9. The largest absolute Gasteiger partial charge is 0.490 e. The fourth-order valence-electron chi connectivity index (χ4n) is 3.53. The molecule has 6 nitrogen and oxygen atoms in total. The molecular formula is C23H27ClN2O4. The first kappa shape index (κ1) is 22.0. The number of benzene rings is 2. The van der Waals surface area contributed by atoms with E-state index in [0.717, 1.165) is 11.1 Å². The van der Waals surface area contributed by atoms with Gasteiger partial charge >= 0.3 is 0 Å². The topological polar surface area (TPSA) is 67.9 Å². The maximum atomic E-state index is 12.8. The van der Waals surface area contributed by atoms with Crippen molar-refractivity contribution in [2.75, 3.05) is 13.2 Å². The van der Waals surface area contributed by atoms with E-state index in [1.54, 1.807) is 11.0 Å². The van der Waals surface area contributed by atoms with E-state index in [1.807, 2.05) is 50.2 Å². The summed E-state index contributed by atoms with van der Waals surface area (Å²) < 4.78 is 11.2. The highest BCUT2D eigenvalue weighted by Crippen LogP contribution is 2.29. The van der Waals surface area contributed by atoms with Crippen LogP contribution >= 0.6 is 11.6 Å². The van der Waals surface area contributed by atoms with Crippen LogP contribution in [0.4, 0.5) is 0 Å². The third kappa shape index (κ3) is 5.25. The Hall–Kier alpha value is -2.73. The molecular weight excluding hydrogens is 404 g/mol. The van der Waals surface area contributed by atoms with Crippen LogP contribution in [0.3, 0.4) is 0 Å². The summed E-state index contributed by atoms with van der Waals surface area (Å²) in [5.74, 6) is 1.14. The van der Waals surface area contributed by atoms with E-state index in [9.17, 15) is 9.59 Å². The van der Waals surface area contributed by atoms with Crippen molar-refractivity contribution >= 4 is 23.4 Å². The van der Waals surface area contributed by atoms with Gasteiger partial charge < -0.3 is 19.7 Å². The average molecular weight is 431 g/mol. The van der Waals surface area contributed by atoms with Crippen molar-refractivity contribution in [2.24, 2.45) is 0 Å². The van der Waals surface area contributed by atoms with Gasteiger partial charge in [0.2, 0.25) is 11.8 Å². The quantitative estimate of drug-likeness (QED) is 0.654. The van der Waals surface area contributed by atoms with Crippen LogP contribution < -0.4 is 14.8 Å². The number of hydrogen-bond acceptors (Lipinski definition) is 4. The summed E-state index contributed by atoms with van der Waals surface area (Å²) in [5.41, 5.74) is 1.73. The van der Waals surface area contributed by atoms with E-state index in [0.29, 0.717) is 55.7 Å². The molecule has 0 saturated carbocycles. The fraction of sp³-hybridized carbons (Fsp3) is 0.391. The Morgan fingerprint density at radius 2 is 1.87 bits per heavy atom. The molecule has 1 saturated heterocycles. The summed E-state index contributed by atoms with van der Waals surface area (Å²) in [6.45, 7) is 5.57. The summed E-state index contributed by atoms with van der Waals surface area (Å²) in [6, 6.07) is 12.5. The molecule has 1 aliphatic heterocycles. The highest BCUT2D eigenvalue weighted by molar-refractivity contribution is 6.31. The molecule has 1 fully saturated rings. The third-order valence-corrected chi connectivity index (χ3v) is 5.37. The number of likely N-dealkylation sites (tertiary alicyclic amines) is 1. The van der Waals surface area contributed by atoms with Crippen LogP contribution in [0, 0.1) is 0 Å². The maximum Gasteiger partial charge on any atom is 0.243 e. The molecule has 0 radical (unpaired) electrons. The van der Waals surface area contributed by atoms with Gasteiger partial charge in [-0.25, -0.2) is 0 Å². The number of halogens is 1. The molecule has 1 heterocycles. The molecule has 1 aliphatic rings. The standard InChI is InChI=1S/C23H27ClN2O4/c1-3-29-20-11-9-16(13-21(20)30-4-2)14-25-23(28)19-10-12-22(27)26(19)15-17-7-5-6-8-18(17)24/h5-9,11,13,19H,3-4,10,12,14-15H2,1-2H3,(H,25,28). The molecule has 3 rings (SSSR count). The minimum Gasteiger partial charge on any atom is -0.490 e. The number of rotatable bonds is 9. The molecule has 2 aromatic carbocycles. The number of hydrogen-bond donors (Lipinski definition) is 1. The lowest BCUT2D eigenvalue weighted by Crippen LogP contribution is -2.44. The van der Waals surface area contributed by atoms with Crippen LogP contribution in [0.5, 0.6) is 11.5 Å². The molecule has 160 valence electrons. The Morgan fingerprint density at radius 3 is 2.60 bits per heavy atom. The summed E-state index contributed by atoms with van der Waals surface area (Å²) in [7, 11) is 0. The minimum atomic E-state index is -0.497. The molecule has 30 heavy (non-hydrogen) atoms. The second kappa shape index (κ2) is 10.3. The number of nitrogens with zero attached hydrogens (tertiary/aromatic N) is 1. The summed E-state index contributed by atoms with van der Waals surface area (Å²) in [6.07, 6.45) is 0.864. The van der Waals surface area contributed by atoms with E-state index < -0.39 is 6.04 Å². The predicted molar refractivity (Wildman–Crippen MR) is 116 cm³/mol. The smallest absolute Gasteiger partial charge is 0.243 e. The zero-order valence-electron chi connectivity index (χ0n) is 17.3. The first-order chi connectivity index (χ1) is 14.5. The van der Waals surface area contributed by atoms with Crippen LogP contribution in [0.15, 0.2) is 42.5 Å². The van der Waals surface area contributed by atoms with Crippen molar-refractivity contribution in [3.8, 4) is 11.5 Å². The Balaban J connectivity index is 1.65. The van der Waals surface area contributed by atoms with E-state index in [1.165, 1.54) is 0 Å². The Bertz CT molecular complexity index is 903. The fourth-order valence-corrected chi connectivity index (χ4v) is 3.72. The number of carbonyl (C=O) groups is 2. The molecule has 0 aromatic heterocycles. The molecule has 1 N–H and O–H groups in total. The van der Waals surface area contributed by atoms with Crippen LogP contribution in [-0.4, -0.2) is 36.0 Å². The van der Waals surface area contributed by atoms with Gasteiger partial charge in [0.05, 0.1) is 13.2 Å². The van der Waals surface area contributed by atoms with E-state index in [-0.39, 0.29) is 11.8 Å². The second-order valence-electron chi connectivity index (χ2n) is 7.03. The van der Waals surface area contributed by atoms with Gasteiger partial charge in [-0.2, -0.15) is 0 Å². The molecule has 1 atom stereocenters. The SMILES string of the molecule is CCOc1ccc(CNC(=O)C2CCC(=O)N2Cc2ccccc2Cl)cc1OCC. The summed E-state index contributed by atoms with van der Waals surface area (Å²) in [5, 5.41) is 3.54. The molecule has 2 amide bonds. The van der Waals surface area contributed by atoms with E-state index >= 15 is 0 Å². The highest BCUT2D eigenvalue weighted by atomic mass is 35.5. The summed E-state index contributed by atoms with van der Waals surface area (Å²) >= 11 is 6.23. The van der Waals surface area contributed by atoms with Crippen LogP contribution in [0.1, 0.15) is 37.8 Å². The van der Waals surface area contributed by atoms with E-state index in [4.69, 9.17) is 21.1 Å². The van der Waals surface area contributed by atoms with Crippen molar-refractivity contribution in [1.29, 1.82) is 0 Å². The lowest BCUT2D eigenvalue weighted by atomic mass is 10.1. The van der Waals surface area contributed by atoms with Gasteiger partial charge in [0.25, 0.3) is 0 Å². The number of carbonyl (C=O) groups excluding carboxylic acids is 2. The second-order valence-corrected chi connectivity index (χ2v) is 7.44. The van der Waals surface area contributed by atoms with Crippen molar-refractivity contribution < 1.29 is 19.1 Å². The van der Waals surface area contributed by atoms with Gasteiger partial charge in [-0.15, -0.1) is 0 Å². The number of amides is 2. The monoisotopic (exact) mass is 430 g/mol. The summed E-state index contributed by atoms with van der Waals surface area (Å²) in [4.78, 5) is 26.8. The van der Waals surface area contributed by atoms with E-state index in [2.05, 4.69) is 5.32 Å². The third-order valence-electron chi connectivity index (χ3n) is 5.00. The van der Waals surface area contributed by atoms with Crippen molar-refractivity contribution in [3.63, 3.8) is 0 Å². The molecule has 0 bridgehead atoms. The first-order valence-electron chi connectivity index (χ1n) is 10.2. The molecule has 0 aliphatic carbocycles. The lowest BCUT2D eigenvalue weighted by molar-refractivity contribution is -0.135. The zero-order valence-corrected chi connectivity index (χ0v) is 18.1. The van der Waals surface area contributed by atoms with Crippen LogP contribution in [-0.2, 0) is 22.7 Å². The maximum absolute atomic E-state index is 12.8. The average Bonchev–Trinajstić information content (AvgIpc) is 3.10. The van der Waals surface area contributed by atoms with Crippen molar-refractivity contribution in [3.05, 3.63) is 58.6 Å². The molecule has 0 spiro atoms. The number of nitrogens with one attached hydrogen (secondary N) is 1. The van der Waals surface area contributed by atoms with Gasteiger partial charge in [-0.1, -0.05) is 35.9 Å². The minimum absolute atomic E-state index is 0.0326. The van der Waals surface area contributed by atoms with Crippen LogP contribution in [0.25, 0.3) is 0 Å². The van der Waals surface area contributed by atoms with Gasteiger partial charge in [-0.3, -0.25) is 9.59 Å². The molecule has 1 unspecified atom stereocenters. The van der Waals surface area contributed by atoms with Gasteiger partial charge in [-0.05, 0) is 49.6 Å². The Morgan fingerprint density at radius 1 is 1.13 bits per heavy atom. The van der Waals surface area contributed by atoms with Crippen LogP contribution in [0.2, 0.25) is 5.02 Å². The van der Waals surface area contributed by atoms with Crippen molar-refractivity contribution in [1.82, 2.24) is 10.2 Å². The molecule has 7 heteroatoms. The Labute approximate surface area is 182 Å².